The van der Waals surface area contributed by atoms with E-state index in [9.17, 15) is 9.90 Å². The van der Waals surface area contributed by atoms with E-state index in [0.717, 1.165) is 44.3 Å². The summed E-state index contributed by atoms with van der Waals surface area (Å²) < 4.78 is 5.46. The van der Waals surface area contributed by atoms with Crippen LogP contribution in [0.2, 0.25) is 0 Å². The van der Waals surface area contributed by atoms with Crippen LogP contribution in [0, 0.1) is 28.6 Å². The van der Waals surface area contributed by atoms with Crippen molar-refractivity contribution in [1.29, 1.82) is 0 Å². The average Bonchev–Trinajstić information content (AvgIpc) is 2.79. The Morgan fingerprint density at radius 3 is 2.67 bits per heavy atom. The van der Waals surface area contributed by atoms with Gasteiger partial charge in [0, 0.05) is 23.2 Å². The number of methoxy groups -OCH3 is 1. The molecular formula is C21H30O3. The van der Waals surface area contributed by atoms with E-state index >= 15 is 0 Å². The number of Topliss-reactive ketones (excluding diaryl/α,β-unsaturated/α-hetero) is 1. The van der Waals surface area contributed by atoms with Gasteiger partial charge >= 0.3 is 0 Å². The molecule has 3 nitrogen and oxygen atoms in total. The Labute approximate surface area is 145 Å². The van der Waals surface area contributed by atoms with Gasteiger partial charge in [0.25, 0.3) is 0 Å². The van der Waals surface area contributed by atoms with Crippen molar-refractivity contribution in [3.63, 3.8) is 0 Å². The number of ether oxygens (including phenoxy) is 1. The zero-order valence-corrected chi connectivity index (χ0v) is 15.4. The monoisotopic (exact) mass is 330 g/mol. The molecule has 1 N–H and O–H groups in total. The van der Waals surface area contributed by atoms with Gasteiger partial charge in [0.2, 0.25) is 0 Å². The first-order chi connectivity index (χ1) is 11.3. The smallest absolute Gasteiger partial charge is 0.141 e. The van der Waals surface area contributed by atoms with Gasteiger partial charge in [0.15, 0.2) is 0 Å². The molecule has 132 valence electrons. The van der Waals surface area contributed by atoms with Gasteiger partial charge in [-0.25, -0.2) is 0 Å². The maximum Gasteiger partial charge on any atom is 0.141 e. The molecule has 0 aliphatic heterocycles. The van der Waals surface area contributed by atoms with Gasteiger partial charge in [-0.2, -0.15) is 0 Å². The number of carbonyl (C=O) groups is 1. The lowest BCUT2D eigenvalue weighted by Crippen LogP contribution is -2.62. The van der Waals surface area contributed by atoms with Gasteiger partial charge in [0.05, 0.1) is 18.5 Å². The van der Waals surface area contributed by atoms with Crippen LogP contribution in [0.15, 0.2) is 23.5 Å². The molecule has 0 radical (unpaired) electrons. The zero-order valence-electron chi connectivity index (χ0n) is 15.4. The Morgan fingerprint density at radius 1 is 1.21 bits per heavy atom. The van der Waals surface area contributed by atoms with E-state index < -0.39 is 5.60 Å². The minimum absolute atomic E-state index is 0.145. The van der Waals surface area contributed by atoms with E-state index in [0.29, 0.717) is 11.7 Å². The van der Waals surface area contributed by atoms with Crippen molar-refractivity contribution in [2.24, 2.45) is 28.6 Å². The fourth-order valence-electron chi connectivity index (χ4n) is 6.51. The fraction of sp³-hybridized carbons (Fsp3) is 0.762. The van der Waals surface area contributed by atoms with Crippen LogP contribution in [0.25, 0.3) is 0 Å². The van der Waals surface area contributed by atoms with Crippen molar-refractivity contribution in [3.8, 4) is 0 Å². The first-order valence-corrected chi connectivity index (χ1v) is 9.48. The van der Waals surface area contributed by atoms with E-state index in [1.807, 2.05) is 0 Å². The summed E-state index contributed by atoms with van der Waals surface area (Å²) in [6.45, 7) is 6.47. The minimum Gasteiger partial charge on any atom is -0.501 e. The van der Waals surface area contributed by atoms with Crippen molar-refractivity contribution >= 4 is 5.78 Å². The van der Waals surface area contributed by atoms with Crippen LogP contribution in [0.1, 0.15) is 59.3 Å². The van der Waals surface area contributed by atoms with Crippen molar-refractivity contribution in [2.75, 3.05) is 7.11 Å². The average molecular weight is 330 g/mol. The number of hydrogen-bond donors (Lipinski definition) is 1. The van der Waals surface area contributed by atoms with E-state index in [4.69, 9.17) is 4.74 Å². The highest BCUT2D eigenvalue weighted by Gasteiger charge is 2.66. The maximum atomic E-state index is 12.8. The molecular weight excluding hydrogens is 300 g/mol. The van der Waals surface area contributed by atoms with Gasteiger partial charge < -0.3 is 9.84 Å². The van der Waals surface area contributed by atoms with Gasteiger partial charge in [-0.05, 0) is 55.6 Å². The number of carbonyl (C=O) groups excluding carboxylic acids is 1. The summed E-state index contributed by atoms with van der Waals surface area (Å²) in [4.78, 5) is 12.8. The quantitative estimate of drug-likeness (QED) is 0.790. The van der Waals surface area contributed by atoms with Crippen LogP contribution in [0.5, 0.6) is 0 Å². The van der Waals surface area contributed by atoms with Crippen molar-refractivity contribution < 1.29 is 14.6 Å². The number of ketones is 1. The molecule has 4 rings (SSSR count). The van der Waals surface area contributed by atoms with Crippen LogP contribution in [-0.2, 0) is 9.53 Å². The van der Waals surface area contributed by atoms with Gasteiger partial charge in [-0.3, -0.25) is 4.79 Å². The molecule has 6 atom stereocenters. The Kier molecular flexibility index (Phi) is 3.39. The summed E-state index contributed by atoms with van der Waals surface area (Å²) in [5.41, 5.74) is 0.112. The van der Waals surface area contributed by atoms with Crippen LogP contribution in [0.4, 0.5) is 0 Å². The maximum absolute atomic E-state index is 12.8. The molecule has 0 heterocycles. The largest absolute Gasteiger partial charge is 0.501 e. The highest BCUT2D eigenvalue weighted by atomic mass is 16.5. The summed E-state index contributed by atoms with van der Waals surface area (Å²) in [6, 6.07) is 0. The van der Waals surface area contributed by atoms with Gasteiger partial charge in [0.1, 0.15) is 5.78 Å². The first kappa shape index (κ1) is 16.4. The Morgan fingerprint density at radius 2 is 1.96 bits per heavy atom. The third kappa shape index (κ3) is 1.80. The number of aliphatic hydroxyl groups is 1. The molecule has 0 amide bonds. The molecule has 4 aliphatic carbocycles. The lowest BCUT2D eigenvalue weighted by Gasteiger charge is -2.60. The third-order valence-corrected chi connectivity index (χ3v) is 8.20. The molecule has 2 saturated carbocycles. The lowest BCUT2D eigenvalue weighted by atomic mass is 9.46. The molecule has 2 fully saturated rings. The molecule has 3 heteroatoms. The molecule has 0 aromatic rings. The van der Waals surface area contributed by atoms with Crippen molar-refractivity contribution in [1.82, 2.24) is 0 Å². The topological polar surface area (TPSA) is 46.5 Å². The van der Waals surface area contributed by atoms with Crippen molar-refractivity contribution in [2.45, 2.75) is 64.9 Å². The molecule has 1 unspecified atom stereocenters. The summed E-state index contributed by atoms with van der Waals surface area (Å²) in [5.74, 6) is 2.12. The molecule has 4 aliphatic rings. The Hall–Kier alpha value is -1.09. The number of allylic oxidation sites excluding steroid dienone is 3. The van der Waals surface area contributed by atoms with Crippen LogP contribution >= 0.6 is 0 Å². The molecule has 0 aromatic carbocycles. The summed E-state index contributed by atoms with van der Waals surface area (Å²) in [7, 11) is 1.73. The SMILES string of the molecule is COC1=CC2=CC[C@H]3[C@@H]4CC(C)C(=O)[C@@]4(C)CC[C@]3(O)[C@@]2(C)CC1. The molecule has 0 spiro atoms. The van der Waals surface area contributed by atoms with Crippen LogP contribution in [0.3, 0.4) is 0 Å². The second-order valence-corrected chi connectivity index (χ2v) is 9.10. The van der Waals surface area contributed by atoms with E-state index in [1.165, 1.54) is 5.57 Å². The number of hydrogen-bond acceptors (Lipinski definition) is 3. The number of rotatable bonds is 1. The molecule has 24 heavy (non-hydrogen) atoms. The van der Waals surface area contributed by atoms with E-state index in [1.54, 1.807) is 7.11 Å². The first-order valence-electron chi connectivity index (χ1n) is 9.48. The fourth-order valence-corrected chi connectivity index (χ4v) is 6.51. The molecule has 0 aromatic heterocycles. The second kappa shape index (κ2) is 4.97. The molecule has 0 bridgehead atoms. The molecule has 0 saturated heterocycles. The summed E-state index contributed by atoms with van der Waals surface area (Å²) >= 11 is 0. The summed E-state index contributed by atoms with van der Waals surface area (Å²) in [6.07, 6.45) is 9.68. The predicted octanol–water partition coefficient (Wildman–Crippen LogP) is 4.02. The Bertz CT molecular complexity index is 647. The lowest BCUT2D eigenvalue weighted by molar-refractivity contribution is -0.178. The third-order valence-electron chi connectivity index (χ3n) is 8.20. The van der Waals surface area contributed by atoms with Crippen LogP contribution < -0.4 is 0 Å². The predicted molar refractivity (Wildman–Crippen MR) is 93.2 cm³/mol. The van der Waals surface area contributed by atoms with E-state index in [-0.39, 0.29) is 22.7 Å². The van der Waals surface area contributed by atoms with Gasteiger partial charge in [-0.15, -0.1) is 0 Å². The normalized spacial score (nSPS) is 50.4. The Balaban J connectivity index is 1.78. The second-order valence-electron chi connectivity index (χ2n) is 9.10. The van der Waals surface area contributed by atoms with Gasteiger partial charge in [-0.1, -0.05) is 26.8 Å². The van der Waals surface area contributed by atoms with Crippen molar-refractivity contribution in [3.05, 3.63) is 23.5 Å². The van der Waals surface area contributed by atoms with E-state index in [2.05, 4.69) is 32.9 Å². The highest BCUT2D eigenvalue weighted by molar-refractivity contribution is 5.89. The minimum atomic E-state index is -0.693. The highest BCUT2D eigenvalue weighted by Crippen LogP contribution is 2.66. The van der Waals surface area contributed by atoms with Crippen LogP contribution in [-0.4, -0.2) is 23.6 Å². The zero-order chi connectivity index (χ0) is 17.3. The number of fused-ring (bicyclic) bond motifs is 5. The summed E-state index contributed by atoms with van der Waals surface area (Å²) in [5, 5.41) is 11.9. The standard InChI is InChI=1S/C21H30O3/c1-13-11-17-16-6-5-14-12-15(24-4)7-8-20(14,3)21(16,23)10-9-19(17,2)18(13)22/h5,12-13,16-17,23H,6-11H2,1-4H3/t13?,16-,17-,19-,20-,21+/m0/s1.